The summed E-state index contributed by atoms with van der Waals surface area (Å²) in [6, 6.07) is 9.64. The van der Waals surface area contributed by atoms with Gasteiger partial charge in [0.05, 0.1) is 23.7 Å². The molecule has 17 heavy (non-hydrogen) atoms. The van der Waals surface area contributed by atoms with E-state index in [1.807, 2.05) is 29.7 Å². The summed E-state index contributed by atoms with van der Waals surface area (Å²) >= 11 is 0. The van der Waals surface area contributed by atoms with Crippen molar-refractivity contribution in [3.63, 3.8) is 0 Å². The maximum atomic E-state index is 8.84. The minimum Gasteiger partial charge on any atom is -0.329 e. The molecule has 0 radical (unpaired) electrons. The number of hydrogen-bond donors (Lipinski definition) is 1. The molecule has 4 nitrogen and oxygen atoms in total. The molecule has 1 aromatic heterocycles. The first kappa shape index (κ1) is 11.4. The first-order valence-electron chi connectivity index (χ1n) is 5.45. The maximum absolute atomic E-state index is 8.84. The van der Waals surface area contributed by atoms with Gasteiger partial charge in [-0.15, -0.1) is 0 Å². The van der Waals surface area contributed by atoms with Gasteiger partial charge in [-0.3, -0.25) is 0 Å². The molecule has 1 heterocycles. The van der Waals surface area contributed by atoms with E-state index in [2.05, 4.69) is 11.1 Å². The first-order valence-corrected chi connectivity index (χ1v) is 5.45. The van der Waals surface area contributed by atoms with E-state index in [4.69, 9.17) is 11.0 Å². The number of hydrogen-bond acceptors (Lipinski definition) is 3. The standard InChI is InChI=1S/C13H14N4/c1-10(15)13-7-16-9-17(13)8-12-4-2-3-11(5-12)6-14/h2-5,7,9-10H,8,15H2,1H3/t10-/m1/s1. The number of rotatable bonds is 3. The van der Waals surface area contributed by atoms with E-state index in [0.29, 0.717) is 12.1 Å². The van der Waals surface area contributed by atoms with Crippen LogP contribution < -0.4 is 5.73 Å². The summed E-state index contributed by atoms with van der Waals surface area (Å²) in [5.41, 5.74) is 8.59. The lowest BCUT2D eigenvalue weighted by Crippen LogP contribution is -2.12. The van der Waals surface area contributed by atoms with Gasteiger partial charge in [-0.1, -0.05) is 12.1 Å². The number of imidazole rings is 1. The van der Waals surface area contributed by atoms with Crippen molar-refractivity contribution >= 4 is 0 Å². The zero-order valence-corrected chi connectivity index (χ0v) is 9.67. The van der Waals surface area contributed by atoms with Gasteiger partial charge in [-0.05, 0) is 24.6 Å². The van der Waals surface area contributed by atoms with Crippen LogP contribution in [0.25, 0.3) is 0 Å². The van der Waals surface area contributed by atoms with E-state index in [1.54, 1.807) is 18.6 Å². The third kappa shape index (κ3) is 2.52. The van der Waals surface area contributed by atoms with Gasteiger partial charge in [-0.2, -0.15) is 5.26 Å². The molecule has 2 aromatic rings. The number of benzene rings is 1. The second-order valence-electron chi connectivity index (χ2n) is 4.05. The number of nitriles is 1. The molecule has 0 bridgehead atoms. The molecule has 2 N–H and O–H groups in total. The van der Waals surface area contributed by atoms with E-state index in [0.717, 1.165) is 11.3 Å². The quantitative estimate of drug-likeness (QED) is 0.868. The van der Waals surface area contributed by atoms with Gasteiger partial charge in [0.25, 0.3) is 0 Å². The minimum atomic E-state index is -0.0448. The first-order chi connectivity index (χ1) is 8.20. The number of nitrogens with two attached hydrogens (primary N) is 1. The average molecular weight is 226 g/mol. The fourth-order valence-corrected chi connectivity index (χ4v) is 1.78. The summed E-state index contributed by atoms with van der Waals surface area (Å²) in [6.45, 7) is 2.62. The highest BCUT2D eigenvalue weighted by atomic mass is 15.1. The molecule has 2 rings (SSSR count). The van der Waals surface area contributed by atoms with Crippen LogP contribution in [0.1, 0.15) is 29.8 Å². The van der Waals surface area contributed by atoms with E-state index in [1.165, 1.54) is 0 Å². The normalized spacial score (nSPS) is 12.1. The monoisotopic (exact) mass is 226 g/mol. The van der Waals surface area contributed by atoms with E-state index in [-0.39, 0.29) is 6.04 Å². The smallest absolute Gasteiger partial charge is 0.0991 e. The fourth-order valence-electron chi connectivity index (χ4n) is 1.78. The fraction of sp³-hybridized carbons (Fsp3) is 0.231. The van der Waals surface area contributed by atoms with Gasteiger partial charge < -0.3 is 10.3 Å². The minimum absolute atomic E-state index is 0.0448. The Morgan fingerprint density at radius 2 is 2.35 bits per heavy atom. The van der Waals surface area contributed by atoms with E-state index < -0.39 is 0 Å². The molecule has 0 aliphatic heterocycles. The Hall–Kier alpha value is -2.12. The highest BCUT2D eigenvalue weighted by Gasteiger charge is 2.07. The molecule has 4 heteroatoms. The van der Waals surface area contributed by atoms with Crippen molar-refractivity contribution in [2.75, 3.05) is 0 Å². The van der Waals surface area contributed by atoms with Gasteiger partial charge >= 0.3 is 0 Å². The van der Waals surface area contributed by atoms with Crippen LogP contribution in [0.3, 0.4) is 0 Å². The lowest BCUT2D eigenvalue weighted by atomic mass is 10.1. The summed E-state index contributed by atoms with van der Waals surface area (Å²) in [5, 5.41) is 8.84. The summed E-state index contributed by atoms with van der Waals surface area (Å²) < 4.78 is 2.00. The Balaban J connectivity index is 2.26. The Kier molecular flexibility index (Phi) is 3.22. The van der Waals surface area contributed by atoms with Crippen LogP contribution in [0, 0.1) is 11.3 Å². The van der Waals surface area contributed by atoms with Crippen molar-refractivity contribution in [3.8, 4) is 6.07 Å². The molecule has 0 amide bonds. The SMILES string of the molecule is C[C@@H](N)c1cncn1Cc1cccc(C#N)c1. The molecule has 1 atom stereocenters. The molecule has 0 aliphatic carbocycles. The topological polar surface area (TPSA) is 67.6 Å². The lowest BCUT2D eigenvalue weighted by Gasteiger charge is -2.10. The Morgan fingerprint density at radius 3 is 3.06 bits per heavy atom. The van der Waals surface area contributed by atoms with Crippen LogP contribution >= 0.6 is 0 Å². The molecule has 0 aliphatic rings. The molecule has 0 saturated heterocycles. The van der Waals surface area contributed by atoms with Crippen molar-refractivity contribution in [1.29, 1.82) is 5.26 Å². The van der Waals surface area contributed by atoms with Crippen LogP contribution in [-0.4, -0.2) is 9.55 Å². The van der Waals surface area contributed by atoms with Crippen LogP contribution in [-0.2, 0) is 6.54 Å². The number of nitrogens with zero attached hydrogens (tertiary/aromatic N) is 3. The zero-order chi connectivity index (χ0) is 12.3. The molecule has 0 unspecified atom stereocenters. The predicted molar refractivity (Wildman–Crippen MR) is 65.1 cm³/mol. The number of aromatic nitrogens is 2. The Morgan fingerprint density at radius 1 is 1.53 bits per heavy atom. The van der Waals surface area contributed by atoms with Crippen LogP contribution in [0.4, 0.5) is 0 Å². The van der Waals surface area contributed by atoms with E-state index >= 15 is 0 Å². The van der Waals surface area contributed by atoms with Gasteiger partial charge in [0.1, 0.15) is 0 Å². The van der Waals surface area contributed by atoms with E-state index in [9.17, 15) is 0 Å². The van der Waals surface area contributed by atoms with Crippen molar-refractivity contribution in [2.45, 2.75) is 19.5 Å². The third-order valence-corrected chi connectivity index (χ3v) is 2.62. The van der Waals surface area contributed by atoms with Crippen LogP contribution in [0.2, 0.25) is 0 Å². The van der Waals surface area contributed by atoms with Crippen molar-refractivity contribution in [1.82, 2.24) is 9.55 Å². The van der Waals surface area contributed by atoms with Crippen LogP contribution in [0.5, 0.6) is 0 Å². The summed E-state index contributed by atoms with van der Waals surface area (Å²) in [6.07, 6.45) is 3.54. The lowest BCUT2D eigenvalue weighted by molar-refractivity contribution is 0.674. The Labute approximate surface area is 100 Å². The van der Waals surface area contributed by atoms with Gasteiger partial charge in [0.15, 0.2) is 0 Å². The second kappa shape index (κ2) is 4.81. The second-order valence-corrected chi connectivity index (χ2v) is 4.05. The predicted octanol–water partition coefficient (Wildman–Crippen LogP) is 1.82. The Bertz CT molecular complexity index is 549. The zero-order valence-electron chi connectivity index (χ0n) is 9.67. The van der Waals surface area contributed by atoms with Gasteiger partial charge in [0, 0.05) is 18.8 Å². The van der Waals surface area contributed by atoms with Crippen molar-refractivity contribution in [2.24, 2.45) is 5.73 Å². The summed E-state index contributed by atoms with van der Waals surface area (Å²) in [5.74, 6) is 0. The summed E-state index contributed by atoms with van der Waals surface area (Å²) in [7, 11) is 0. The van der Waals surface area contributed by atoms with Gasteiger partial charge in [-0.25, -0.2) is 4.98 Å². The summed E-state index contributed by atoms with van der Waals surface area (Å²) in [4.78, 5) is 4.10. The van der Waals surface area contributed by atoms with Gasteiger partial charge in [0.2, 0.25) is 0 Å². The van der Waals surface area contributed by atoms with Crippen LogP contribution in [0.15, 0.2) is 36.8 Å². The molecule has 86 valence electrons. The molecule has 0 saturated carbocycles. The molecule has 1 aromatic carbocycles. The van der Waals surface area contributed by atoms with Crippen molar-refractivity contribution < 1.29 is 0 Å². The highest BCUT2D eigenvalue weighted by molar-refractivity contribution is 5.33. The maximum Gasteiger partial charge on any atom is 0.0991 e. The largest absolute Gasteiger partial charge is 0.329 e. The average Bonchev–Trinajstić information content (AvgIpc) is 2.77. The highest BCUT2D eigenvalue weighted by Crippen LogP contribution is 2.12. The third-order valence-electron chi connectivity index (χ3n) is 2.62. The molecule has 0 fully saturated rings. The van der Waals surface area contributed by atoms with Crippen molar-refractivity contribution in [3.05, 3.63) is 53.6 Å². The molecular weight excluding hydrogens is 212 g/mol. The molecule has 0 spiro atoms. The molecular formula is C13H14N4.